The zero-order valence-corrected chi connectivity index (χ0v) is 19.2. The van der Waals surface area contributed by atoms with E-state index in [1.807, 2.05) is 61.7 Å². The third-order valence-corrected chi connectivity index (χ3v) is 5.39. The Morgan fingerprint density at radius 2 is 1.65 bits per heavy atom. The summed E-state index contributed by atoms with van der Waals surface area (Å²) in [4.78, 5) is 52.1. The van der Waals surface area contributed by atoms with Gasteiger partial charge in [0.2, 0.25) is 23.6 Å². The van der Waals surface area contributed by atoms with Crippen LogP contribution in [0.5, 0.6) is 0 Å². The van der Waals surface area contributed by atoms with E-state index in [4.69, 9.17) is 5.73 Å². The fourth-order valence-corrected chi connectivity index (χ4v) is 3.76. The number of primary amides is 1. The Kier molecular flexibility index (Phi) is 8.02. The number of nitrogens with one attached hydrogen (secondary N) is 4. The third-order valence-electron chi connectivity index (χ3n) is 5.39. The van der Waals surface area contributed by atoms with E-state index in [1.54, 1.807) is 0 Å². The lowest BCUT2D eigenvalue weighted by molar-refractivity contribution is -0.132. The van der Waals surface area contributed by atoms with E-state index in [0.717, 1.165) is 27.6 Å². The minimum atomic E-state index is -0.962. The van der Waals surface area contributed by atoms with Crippen LogP contribution in [0.2, 0.25) is 0 Å². The van der Waals surface area contributed by atoms with Crippen LogP contribution in [0.15, 0.2) is 54.7 Å². The molecule has 0 aliphatic rings. The first-order chi connectivity index (χ1) is 16.2. The van der Waals surface area contributed by atoms with Gasteiger partial charge in [0.25, 0.3) is 0 Å². The molecule has 1 aromatic heterocycles. The number of hydrogen-bond donors (Lipinski definition) is 5. The average molecular weight is 464 g/mol. The molecule has 0 fully saturated rings. The van der Waals surface area contributed by atoms with Crippen molar-refractivity contribution in [3.05, 3.63) is 71.4 Å². The van der Waals surface area contributed by atoms with Crippen LogP contribution in [0.4, 0.5) is 0 Å². The number of amides is 4. The summed E-state index contributed by atoms with van der Waals surface area (Å²) in [6.07, 6.45) is 2.25. The van der Waals surface area contributed by atoms with Crippen molar-refractivity contribution < 1.29 is 19.2 Å². The first-order valence-electron chi connectivity index (χ1n) is 11.0. The van der Waals surface area contributed by atoms with Crippen molar-refractivity contribution in [3.63, 3.8) is 0 Å². The van der Waals surface area contributed by atoms with Gasteiger partial charge in [-0.3, -0.25) is 19.2 Å². The normalized spacial score (nSPS) is 12.5. The monoisotopic (exact) mass is 463 g/mol. The van der Waals surface area contributed by atoms with Gasteiger partial charge >= 0.3 is 0 Å². The molecule has 0 spiro atoms. The maximum absolute atomic E-state index is 13.2. The lowest BCUT2D eigenvalue weighted by atomic mass is 10.0. The van der Waals surface area contributed by atoms with E-state index in [9.17, 15) is 19.2 Å². The summed E-state index contributed by atoms with van der Waals surface area (Å²) in [5.41, 5.74) is 8.83. The molecule has 0 saturated carbocycles. The summed E-state index contributed by atoms with van der Waals surface area (Å²) >= 11 is 0. The van der Waals surface area contributed by atoms with Crippen molar-refractivity contribution in [1.29, 1.82) is 0 Å². The molecular formula is C25H29N5O4. The number of carbonyl (C=O) groups excluding carboxylic acids is 4. The summed E-state index contributed by atoms with van der Waals surface area (Å²) in [5, 5.41) is 8.83. The number of carbonyl (C=O) groups is 4. The molecule has 0 saturated heterocycles. The summed E-state index contributed by atoms with van der Waals surface area (Å²) in [5.74, 6) is -2.11. The van der Waals surface area contributed by atoms with Gasteiger partial charge in [-0.1, -0.05) is 42.0 Å². The van der Waals surface area contributed by atoms with Crippen molar-refractivity contribution in [2.24, 2.45) is 5.73 Å². The van der Waals surface area contributed by atoms with Crippen molar-refractivity contribution in [2.45, 2.75) is 38.8 Å². The fourth-order valence-electron chi connectivity index (χ4n) is 3.76. The lowest BCUT2D eigenvalue weighted by Crippen LogP contribution is -2.55. The smallest absolute Gasteiger partial charge is 0.243 e. The first kappa shape index (κ1) is 24.5. The molecule has 34 heavy (non-hydrogen) atoms. The molecule has 4 amide bonds. The number of aromatic amines is 1. The summed E-state index contributed by atoms with van der Waals surface area (Å²) < 4.78 is 0. The number of aryl methyl sites for hydroxylation is 1. The van der Waals surface area contributed by atoms with Crippen molar-refractivity contribution >= 4 is 34.5 Å². The molecule has 1 heterocycles. The Labute approximate surface area is 197 Å². The predicted molar refractivity (Wildman–Crippen MR) is 129 cm³/mol. The minimum Gasteiger partial charge on any atom is -0.368 e. The first-order valence-corrected chi connectivity index (χ1v) is 11.0. The van der Waals surface area contributed by atoms with Gasteiger partial charge in [0.05, 0.1) is 6.54 Å². The maximum Gasteiger partial charge on any atom is 0.243 e. The third kappa shape index (κ3) is 6.68. The van der Waals surface area contributed by atoms with E-state index >= 15 is 0 Å². The Bertz CT molecular complexity index is 1190. The van der Waals surface area contributed by atoms with Crippen LogP contribution in [0.1, 0.15) is 23.6 Å². The van der Waals surface area contributed by atoms with E-state index < -0.39 is 29.8 Å². The SMILES string of the molecule is CC(=O)N[C@H](Cc1c[nH]c2ccc(C)cc12)C(=O)N[C@@H](Cc1ccccc1)C(=O)NCC(N)=O. The lowest BCUT2D eigenvalue weighted by Gasteiger charge is -2.23. The van der Waals surface area contributed by atoms with Gasteiger partial charge in [0.1, 0.15) is 12.1 Å². The summed E-state index contributed by atoms with van der Waals surface area (Å²) in [6.45, 7) is 2.97. The molecular weight excluding hydrogens is 434 g/mol. The largest absolute Gasteiger partial charge is 0.368 e. The minimum absolute atomic E-state index is 0.205. The van der Waals surface area contributed by atoms with Crippen LogP contribution in [0, 0.1) is 6.92 Å². The highest BCUT2D eigenvalue weighted by atomic mass is 16.2. The second-order valence-electron chi connectivity index (χ2n) is 8.26. The molecule has 0 unspecified atom stereocenters. The van der Waals surface area contributed by atoms with Crippen molar-refractivity contribution in [2.75, 3.05) is 6.54 Å². The number of rotatable bonds is 10. The van der Waals surface area contributed by atoms with Gasteiger partial charge in [0.15, 0.2) is 0 Å². The molecule has 3 aromatic rings. The second-order valence-corrected chi connectivity index (χ2v) is 8.26. The summed E-state index contributed by atoms with van der Waals surface area (Å²) in [6, 6.07) is 13.3. The van der Waals surface area contributed by atoms with Crippen molar-refractivity contribution in [1.82, 2.24) is 20.9 Å². The molecule has 0 bridgehead atoms. The number of hydrogen-bond acceptors (Lipinski definition) is 4. The average Bonchev–Trinajstić information content (AvgIpc) is 3.18. The number of H-pyrrole nitrogens is 1. The highest BCUT2D eigenvalue weighted by molar-refractivity contribution is 5.94. The molecule has 3 rings (SSSR count). The van der Waals surface area contributed by atoms with Crippen LogP contribution in [0.3, 0.4) is 0 Å². The topological polar surface area (TPSA) is 146 Å². The molecule has 0 aliphatic carbocycles. The van der Waals surface area contributed by atoms with Crippen LogP contribution in [-0.4, -0.2) is 47.2 Å². The van der Waals surface area contributed by atoms with Gasteiger partial charge < -0.3 is 26.7 Å². The van der Waals surface area contributed by atoms with Gasteiger partial charge in [-0.25, -0.2) is 0 Å². The zero-order valence-electron chi connectivity index (χ0n) is 19.2. The highest BCUT2D eigenvalue weighted by Gasteiger charge is 2.27. The molecule has 2 aromatic carbocycles. The molecule has 0 radical (unpaired) electrons. The quantitative estimate of drug-likeness (QED) is 0.303. The molecule has 2 atom stereocenters. The van der Waals surface area contributed by atoms with Crippen LogP contribution in [-0.2, 0) is 32.0 Å². The van der Waals surface area contributed by atoms with Crippen LogP contribution < -0.4 is 21.7 Å². The number of fused-ring (bicyclic) bond motifs is 1. The fraction of sp³-hybridized carbons (Fsp3) is 0.280. The molecule has 0 aliphatic heterocycles. The van der Waals surface area contributed by atoms with E-state index in [0.29, 0.717) is 0 Å². The van der Waals surface area contributed by atoms with Crippen molar-refractivity contribution in [3.8, 4) is 0 Å². The standard InChI is InChI=1S/C25H29N5O4/c1-15-8-9-20-19(10-15)18(13-27-20)12-22(29-16(2)31)25(34)30-21(24(33)28-14-23(26)32)11-17-6-4-3-5-7-17/h3-10,13,21-22,27H,11-12,14H2,1-2H3,(H2,26,32)(H,28,33)(H,29,31)(H,30,34)/t21-,22+/m0/s1. The summed E-state index contributed by atoms with van der Waals surface area (Å²) in [7, 11) is 0. The molecule has 9 nitrogen and oxygen atoms in total. The Hall–Kier alpha value is -4.14. The van der Waals surface area contributed by atoms with Gasteiger partial charge in [-0.15, -0.1) is 0 Å². The number of nitrogens with two attached hydrogens (primary N) is 1. The van der Waals surface area contributed by atoms with E-state index in [2.05, 4.69) is 20.9 Å². The van der Waals surface area contributed by atoms with Crippen LogP contribution in [0.25, 0.3) is 10.9 Å². The van der Waals surface area contributed by atoms with E-state index in [-0.39, 0.29) is 25.3 Å². The molecule has 178 valence electrons. The maximum atomic E-state index is 13.2. The number of aromatic nitrogens is 1. The highest BCUT2D eigenvalue weighted by Crippen LogP contribution is 2.21. The Balaban J connectivity index is 1.81. The number of benzene rings is 2. The van der Waals surface area contributed by atoms with E-state index in [1.165, 1.54) is 6.92 Å². The second kappa shape index (κ2) is 11.1. The molecule has 6 N–H and O–H groups in total. The van der Waals surface area contributed by atoms with Crippen LogP contribution >= 0.6 is 0 Å². The molecule has 9 heteroatoms. The Morgan fingerprint density at radius 3 is 2.32 bits per heavy atom. The van der Waals surface area contributed by atoms with Gasteiger partial charge in [-0.05, 0) is 30.2 Å². The van der Waals surface area contributed by atoms with Gasteiger partial charge in [-0.2, -0.15) is 0 Å². The zero-order chi connectivity index (χ0) is 24.7. The predicted octanol–water partition coefficient (Wildman–Crippen LogP) is 0.853. The van der Waals surface area contributed by atoms with Gasteiger partial charge in [0, 0.05) is 36.9 Å². The Morgan fingerprint density at radius 1 is 0.941 bits per heavy atom.